The number of Topliss-reactive ketones (excluding diaryl/α,β-unsaturated/α-hetero) is 1. The highest BCUT2D eigenvalue weighted by Crippen LogP contribution is 2.37. The van der Waals surface area contributed by atoms with E-state index in [0.717, 1.165) is 37.4 Å². The minimum Gasteiger partial charge on any atom is -0.483 e. The van der Waals surface area contributed by atoms with E-state index in [4.69, 9.17) is 14.7 Å². The summed E-state index contributed by atoms with van der Waals surface area (Å²) in [6.45, 7) is 9.82. The summed E-state index contributed by atoms with van der Waals surface area (Å²) < 4.78 is 17.7. The lowest BCUT2D eigenvalue weighted by Crippen LogP contribution is -2.21. The molecule has 0 aliphatic carbocycles. The van der Waals surface area contributed by atoms with Gasteiger partial charge >= 0.3 is 0 Å². The number of aliphatic imine (C=N–C) groups is 1. The first-order valence-electron chi connectivity index (χ1n) is 14.1. The Kier molecular flexibility index (Phi) is 11.7. The van der Waals surface area contributed by atoms with E-state index >= 15 is 0 Å². The Morgan fingerprint density at radius 2 is 1.38 bits per heavy atom. The number of nitrogens with zero attached hydrogens (tertiary/aromatic N) is 5. The SMILES string of the molecule is C=C=N[Si](C)(C)C.N#CN=C1CC(c2ccccn2)Oc2ccc(Br)cc21.O=C1CC(c2ccccn2)Oc2ccc(Br)cc21. The fourth-order valence-electron chi connectivity index (χ4n) is 4.47. The number of carbonyl (C=O) groups excluding carboxylic acids is 1. The third-order valence-corrected chi connectivity index (χ3v) is 8.23. The predicted molar refractivity (Wildman–Crippen MR) is 186 cm³/mol. The van der Waals surface area contributed by atoms with Gasteiger partial charge in [0.25, 0.3) is 0 Å². The van der Waals surface area contributed by atoms with E-state index in [0.29, 0.717) is 24.2 Å². The number of ether oxygens (including phenoxy) is 2. The maximum Gasteiger partial charge on any atom is 0.205 e. The fraction of sp³-hybridized carbons (Fsp3) is 0.206. The standard InChI is InChI=1S/C15H10BrN3O.C14H10BrNO2.C5H11NSi/c16-10-4-5-14-11(7-10)13(19-9-17)8-15(20-14)12-3-1-2-6-18-12;15-9-4-5-13-10(7-9)12(17)8-14(18-13)11-3-1-2-6-16-11;1-5-6-7(2,3)4/h1-7,15H,8H2;1-7,14H,8H2;1H2,2-4H3. The van der Waals surface area contributed by atoms with Crippen molar-refractivity contribution in [1.29, 1.82) is 5.26 Å². The number of halogens is 2. The minimum atomic E-state index is -1.21. The zero-order valence-electron chi connectivity index (χ0n) is 25.1. The van der Waals surface area contributed by atoms with Crippen LogP contribution in [0.1, 0.15) is 52.4 Å². The molecule has 2 aliphatic rings. The number of benzene rings is 2. The molecule has 4 aromatic rings. The Balaban J connectivity index is 0.000000171. The molecule has 2 aromatic carbocycles. The quantitative estimate of drug-likeness (QED) is 0.118. The summed E-state index contributed by atoms with van der Waals surface area (Å²) in [5, 5.41) is 8.86. The zero-order chi connectivity index (χ0) is 32.4. The van der Waals surface area contributed by atoms with E-state index in [9.17, 15) is 4.79 Å². The van der Waals surface area contributed by atoms with Crippen molar-refractivity contribution in [2.75, 3.05) is 0 Å². The van der Waals surface area contributed by atoms with Gasteiger partial charge in [0.05, 0.1) is 29.1 Å². The van der Waals surface area contributed by atoms with Gasteiger partial charge in [-0.05, 0) is 92.8 Å². The molecule has 0 spiro atoms. The number of rotatable bonds is 3. The molecule has 0 amide bonds. The Labute approximate surface area is 280 Å². The molecule has 2 aromatic heterocycles. The summed E-state index contributed by atoms with van der Waals surface area (Å²) in [5.41, 5.74) is 3.85. The smallest absolute Gasteiger partial charge is 0.205 e. The molecule has 6 rings (SSSR count). The van der Waals surface area contributed by atoms with E-state index in [1.165, 1.54) is 0 Å². The van der Waals surface area contributed by atoms with Gasteiger partial charge in [-0.25, -0.2) is 0 Å². The lowest BCUT2D eigenvalue weighted by atomic mass is 9.98. The van der Waals surface area contributed by atoms with Gasteiger partial charge in [0.15, 0.2) is 14.0 Å². The molecule has 0 bridgehead atoms. The van der Waals surface area contributed by atoms with Crippen LogP contribution in [-0.2, 0) is 0 Å². The second-order valence-electron chi connectivity index (χ2n) is 10.9. The molecule has 4 heterocycles. The molecule has 8 nitrogen and oxygen atoms in total. The summed E-state index contributed by atoms with van der Waals surface area (Å²) in [4.78, 5) is 24.6. The third-order valence-electron chi connectivity index (χ3n) is 6.42. The normalized spacial score (nSPS) is 17.2. The fourth-order valence-corrected chi connectivity index (χ4v) is 5.67. The summed E-state index contributed by atoms with van der Waals surface area (Å²) in [6, 6.07) is 22.5. The molecule has 0 N–H and O–H groups in total. The van der Waals surface area contributed by atoms with Crippen LogP contribution in [0.4, 0.5) is 0 Å². The molecule has 0 radical (unpaired) electrons. The van der Waals surface area contributed by atoms with E-state index < -0.39 is 8.24 Å². The van der Waals surface area contributed by atoms with Crippen LogP contribution >= 0.6 is 31.9 Å². The average molecular weight is 746 g/mol. The van der Waals surface area contributed by atoms with Crippen molar-refractivity contribution in [3.05, 3.63) is 123 Å². The number of aromatic nitrogens is 2. The largest absolute Gasteiger partial charge is 0.483 e. The average Bonchev–Trinajstić information content (AvgIpc) is 3.02. The first kappa shape index (κ1) is 33.7. The van der Waals surface area contributed by atoms with Crippen LogP contribution in [0.15, 0.2) is 110 Å². The van der Waals surface area contributed by atoms with Crippen LogP contribution in [0.3, 0.4) is 0 Å². The number of carbonyl (C=O) groups is 1. The van der Waals surface area contributed by atoms with Crippen molar-refractivity contribution in [3.63, 3.8) is 0 Å². The highest BCUT2D eigenvalue weighted by atomic mass is 79.9. The van der Waals surface area contributed by atoms with Crippen LogP contribution in [0.2, 0.25) is 19.6 Å². The van der Waals surface area contributed by atoms with Gasteiger partial charge in [0.1, 0.15) is 23.7 Å². The third kappa shape index (κ3) is 9.64. The monoisotopic (exact) mass is 743 g/mol. The Morgan fingerprint density at radius 3 is 1.84 bits per heavy atom. The Bertz CT molecular complexity index is 1770. The molecule has 2 unspecified atom stereocenters. The lowest BCUT2D eigenvalue weighted by Gasteiger charge is -2.26. The molecular formula is C34H31Br2N5O3Si. The van der Waals surface area contributed by atoms with Gasteiger partial charge in [-0.15, -0.1) is 0 Å². The summed E-state index contributed by atoms with van der Waals surface area (Å²) in [7, 11) is -1.21. The lowest BCUT2D eigenvalue weighted by molar-refractivity contribution is 0.0844. The van der Waals surface area contributed by atoms with Gasteiger partial charge in [0.2, 0.25) is 6.19 Å². The molecular weight excluding hydrogens is 714 g/mol. The van der Waals surface area contributed by atoms with E-state index in [-0.39, 0.29) is 18.0 Å². The maximum atomic E-state index is 12.1. The van der Waals surface area contributed by atoms with Crippen molar-refractivity contribution in [2.24, 2.45) is 9.65 Å². The van der Waals surface area contributed by atoms with E-state index in [2.05, 4.69) is 83.6 Å². The van der Waals surface area contributed by atoms with Crippen molar-refractivity contribution in [2.45, 2.75) is 44.7 Å². The minimum absolute atomic E-state index is 0.0909. The summed E-state index contributed by atoms with van der Waals surface area (Å²) >= 11 is 6.78. The second-order valence-corrected chi connectivity index (χ2v) is 17.3. The topological polar surface area (TPSA) is 110 Å². The maximum absolute atomic E-state index is 12.1. The van der Waals surface area contributed by atoms with Crippen LogP contribution in [0.25, 0.3) is 0 Å². The van der Waals surface area contributed by atoms with Crippen molar-refractivity contribution >= 4 is 57.5 Å². The second kappa shape index (κ2) is 15.7. The van der Waals surface area contributed by atoms with E-state index in [1.807, 2.05) is 72.9 Å². The van der Waals surface area contributed by atoms with Crippen molar-refractivity contribution in [1.82, 2.24) is 9.97 Å². The molecule has 228 valence electrons. The first-order chi connectivity index (χ1) is 21.6. The van der Waals surface area contributed by atoms with Crippen LogP contribution in [0, 0.1) is 11.5 Å². The highest BCUT2D eigenvalue weighted by Gasteiger charge is 2.29. The number of hydrogen-bond acceptors (Lipinski definition) is 8. The zero-order valence-corrected chi connectivity index (χ0v) is 29.2. The van der Waals surface area contributed by atoms with Gasteiger partial charge in [-0.2, -0.15) is 10.3 Å². The summed E-state index contributed by atoms with van der Waals surface area (Å²) in [5.74, 6) is 3.99. The van der Waals surface area contributed by atoms with Crippen LogP contribution < -0.4 is 9.47 Å². The molecule has 11 heteroatoms. The van der Waals surface area contributed by atoms with Crippen molar-refractivity contribution in [3.8, 4) is 17.7 Å². The van der Waals surface area contributed by atoms with Gasteiger partial charge in [-0.3, -0.25) is 19.4 Å². The predicted octanol–water partition coefficient (Wildman–Crippen LogP) is 8.87. The number of fused-ring (bicyclic) bond motifs is 2. The van der Waals surface area contributed by atoms with Crippen LogP contribution in [-0.4, -0.2) is 35.6 Å². The molecule has 0 saturated heterocycles. The van der Waals surface area contributed by atoms with Gasteiger partial charge in [-0.1, -0.05) is 44.0 Å². The van der Waals surface area contributed by atoms with Crippen LogP contribution in [0.5, 0.6) is 11.5 Å². The molecule has 45 heavy (non-hydrogen) atoms. The number of hydrogen-bond donors (Lipinski definition) is 0. The van der Waals surface area contributed by atoms with Crippen molar-refractivity contribution < 1.29 is 14.3 Å². The number of pyridine rings is 2. The summed E-state index contributed by atoms with van der Waals surface area (Å²) in [6.07, 6.45) is 5.68. The number of nitriles is 1. The molecule has 2 aliphatic heterocycles. The highest BCUT2D eigenvalue weighted by molar-refractivity contribution is 9.10. The van der Waals surface area contributed by atoms with Gasteiger partial charge in [0, 0.05) is 33.3 Å². The van der Waals surface area contributed by atoms with Gasteiger partial charge < -0.3 is 9.47 Å². The van der Waals surface area contributed by atoms with E-state index in [1.54, 1.807) is 18.5 Å². The molecule has 0 fully saturated rings. The number of ketones is 1. The Hall–Kier alpha value is -4.20. The molecule has 0 saturated carbocycles. The first-order valence-corrected chi connectivity index (χ1v) is 19.1. The Morgan fingerprint density at radius 1 is 0.844 bits per heavy atom. The molecule has 2 atom stereocenters.